The first-order valence-corrected chi connectivity index (χ1v) is 5.20. The summed E-state index contributed by atoms with van der Waals surface area (Å²) in [4.78, 5) is 0. The van der Waals surface area contributed by atoms with Gasteiger partial charge in [0.2, 0.25) is 0 Å². The van der Waals surface area contributed by atoms with Crippen molar-refractivity contribution in [3.63, 3.8) is 0 Å². The second-order valence-corrected chi connectivity index (χ2v) is 5.72. The van der Waals surface area contributed by atoms with Gasteiger partial charge in [-0.15, -0.1) is 0 Å². The van der Waals surface area contributed by atoms with Gasteiger partial charge in [-0.2, -0.15) is 0 Å². The predicted molar refractivity (Wildman–Crippen MR) is 57.7 cm³/mol. The van der Waals surface area contributed by atoms with Crippen molar-refractivity contribution in [2.75, 3.05) is 0 Å². The third kappa shape index (κ3) is 4.28. The van der Waals surface area contributed by atoms with Crippen molar-refractivity contribution in [1.82, 2.24) is 0 Å². The number of ether oxygens (including phenoxy) is 1. The topological polar surface area (TPSA) is 9.23 Å². The van der Waals surface area contributed by atoms with E-state index in [-0.39, 0.29) is 0 Å². The summed E-state index contributed by atoms with van der Waals surface area (Å²) >= 11 is 28.0. The van der Waals surface area contributed by atoms with Crippen LogP contribution in [0.5, 0.6) is 0 Å². The third-order valence-corrected chi connectivity index (χ3v) is 2.12. The van der Waals surface area contributed by atoms with Crippen LogP contribution in [0.3, 0.4) is 0 Å². The van der Waals surface area contributed by atoms with E-state index in [0.717, 1.165) is 0 Å². The van der Waals surface area contributed by atoms with Gasteiger partial charge >= 0.3 is 0 Å². The number of allylic oxidation sites excluding steroid dienone is 2. The van der Waals surface area contributed by atoms with Gasteiger partial charge in [0.05, 0.1) is 0 Å². The molecule has 0 N–H and O–H groups in total. The highest BCUT2D eigenvalue weighted by molar-refractivity contribution is 6.66. The van der Waals surface area contributed by atoms with Crippen LogP contribution < -0.4 is 0 Å². The van der Waals surface area contributed by atoms with Gasteiger partial charge in [0.25, 0.3) is 3.98 Å². The zero-order valence-electron chi connectivity index (χ0n) is 6.24. The van der Waals surface area contributed by atoms with Crippen molar-refractivity contribution in [2.45, 2.75) is 15.5 Å². The summed E-state index contributed by atoms with van der Waals surface area (Å²) in [5, 5.41) is -0.715. The van der Waals surface area contributed by atoms with E-state index in [2.05, 4.69) is 0 Å². The van der Waals surface area contributed by atoms with Gasteiger partial charge in [-0.1, -0.05) is 64.1 Å². The van der Waals surface area contributed by atoms with Gasteiger partial charge in [0, 0.05) is 11.5 Å². The monoisotopic (exact) mass is 280 g/mol. The summed E-state index contributed by atoms with van der Waals surface area (Å²) in [5.74, 6) is 0. The maximum Gasteiger partial charge on any atom is 0.299 e. The Bertz CT molecular complexity index is 254. The molecule has 0 radical (unpaired) electrons. The molecule has 0 bridgehead atoms. The van der Waals surface area contributed by atoms with Crippen LogP contribution in [0.2, 0.25) is 0 Å². The maximum atomic E-state index is 5.97. The lowest BCUT2D eigenvalue weighted by molar-refractivity contribution is 0.0492. The lowest BCUT2D eigenvalue weighted by Crippen LogP contribution is -2.30. The maximum absolute atomic E-state index is 5.97. The van der Waals surface area contributed by atoms with E-state index in [1.54, 1.807) is 12.2 Å². The number of hydrogen-bond acceptors (Lipinski definition) is 1. The molecule has 1 atom stereocenters. The molecule has 0 spiro atoms. The quantitative estimate of drug-likeness (QED) is 0.650. The van der Waals surface area contributed by atoms with Crippen molar-refractivity contribution in [3.05, 3.63) is 23.3 Å². The van der Waals surface area contributed by atoms with Crippen molar-refractivity contribution in [2.24, 2.45) is 0 Å². The molecule has 13 heavy (non-hydrogen) atoms. The van der Waals surface area contributed by atoms with Crippen LogP contribution in [0.4, 0.5) is 0 Å². The largest absolute Gasteiger partial charge is 0.308 e. The van der Waals surface area contributed by atoms with Crippen molar-refractivity contribution >= 4 is 58.0 Å². The fourth-order valence-corrected chi connectivity index (χ4v) is 2.08. The molecule has 1 rings (SSSR count). The summed E-state index contributed by atoms with van der Waals surface area (Å²) < 4.78 is 3.14. The summed E-state index contributed by atoms with van der Waals surface area (Å²) in [6.07, 6.45) is 5.33. The molecule has 0 fully saturated rings. The molecule has 0 aromatic heterocycles. The van der Waals surface area contributed by atoms with Crippen LogP contribution in [0.25, 0.3) is 0 Å². The minimum absolute atomic E-state index is 0.401. The zero-order valence-corrected chi connectivity index (χ0v) is 10.0. The summed E-state index contributed by atoms with van der Waals surface area (Å²) in [5.41, 5.74) is 0. The van der Waals surface area contributed by atoms with Gasteiger partial charge < -0.3 is 4.74 Å². The van der Waals surface area contributed by atoms with Gasteiger partial charge in [-0.05, 0) is 12.2 Å². The second kappa shape index (κ2) is 4.18. The summed E-state index contributed by atoms with van der Waals surface area (Å²) in [6.45, 7) is 0. The molecule has 6 heteroatoms. The molecule has 1 nitrogen and oxygen atoms in total. The van der Waals surface area contributed by atoms with Crippen LogP contribution >= 0.6 is 58.0 Å². The van der Waals surface area contributed by atoms with Gasteiger partial charge in [-0.3, -0.25) is 0 Å². The Kier molecular flexibility index (Phi) is 3.84. The second-order valence-electron chi connectivity index (χ2n) is 2.47. The smallest absolute Gasteiger partial charge is 0.299 e. The summed E-state index contributed by atoms with van der Waals surface area (Å²) in [7, 11) is 0. The molecule has 0 saturated carbocycles. The first-order valence-electron chi connectivity index (χ1n) is 3.31. The van der Waals surface area contributed by atoms with Crippen LogP contribution in [0.15, 0.2) is 23.3 Å². The Morgan fingerprint density at radius 3 is 2.46 bits per heavy atom. The molecule has 1 aliphatic carbocycles. The summed E-state index contributed by atoms with van der Waals surface area (Å²) in [6, 6.07) is 0. The minimum Gasteiger partial charge on any atom is -0.308 e. The van der Waals surface area contributed by atoms with Gasteiger partial charge in [-0.25, -0.2) is 0 Å². The Hall–Kier alpha value is 0.890. The van der Waals surface area contributed by atoms with E-state index in [4.69, 9.17) is 62.7 Å². The van der Waals surface area contributed by atoms with E-state index in [1.165, 1.54) is 6.08 Å². The molecule has 0 aliphatic heterocycles. The number of rotatable bonds is 1. The first kappa shape index (κ1) is 12.0. The van der Waals surface area contributed by atoms with Crippen LogP contribution in [0, 0.1) is 0 Å². The fourth-order valence-electron chi connectivity index (χ4n) is 0.909. The third-order valence-electron chi connectivity index (χ3n) is 1.31. The SMILES string of the molecule is ClC1=CC(Cl)(OC(Cl)(Cl)Cl)CC=C1. The highest BCUT2D eigenvalue weighted by Crippen LogP contribution is 2.40. The van der Waals surface area contributed by atoms with Crippen molar-refractivity contribution < 1.29 is 4.74 Å². The lowest BCUT2D eigenvalue weighted by atomic mass is 10.1. The predicted octanol–water partition coefficient (Wildman–Crippen LogP) is 4.35. The van der Waals surface area contributed by atoms with Crippen molar-refractivity contribution in [3.8, 4) is 0 Å². The molecule has 1 unspecified atom stereocenters. The average Bonchev–Trinajstić information content (AvgIpc) is 1.79. The Balaban J connectivity index is 2.73. The standard InChI is InChI=1S/C7H5Cl5O/c8-5-2-1-3-6(9,4-5)13-7(10,11)12/h1-2,4H,3H2. The molecule has 0 aromatic rings. The number of alkyl halides is 4. The molecule has 0 aromatic carbocycles. The number of hydrogen-bond donors (Lipinski definition) is 0. The highest BCUT2D eigenvalue weighted by Gasteiger charge is 2.36. The van der Waals surface area contributed by atoms with E-state index in [9.17, 15) is 0 Å². The Morgan fingerprint density at radius 2 is 2.00 bits per heavy atom. The van der Waals surface area contributed by atoms with Gasteiger partial charge in [0.15, 0.2) is 5.06 Å². The fraction of sp³-hybridized carbons (Fsp3) is 0.429. The Labute approximate surface area is 101 Å². The molecule has 0 saturated heterocycles. The first-order chi connectivity index (χ1) is 5.81. The van der Waals surface area contributed by atoms with E-state index in [1.807, 2.05) is 0 Å². The van der Waals surface area contributed by atoms with E-state index < -0.39 is 9.04 Å². The molecular weight excluding hydrogens is 277 g/mol. The normalized spacial score (nSPS) is 28.8. The van der Waals surface area contributed by atoms with Crippen LogP contribution in [0.1, 0.15) is 6.42 Å². The average molecular weight is 282 g/mol. The molecule has 0 heterocycles. The Morgan fingerprint density at radius 1 is 1.38 bits per heavy atom. The zero-order chi connectivity index (χ0) is 10.1. The van der Waals surface area contributed by atoms with Crippen molar-refractivity contribution in [1.29, 1.82) is 0 Å². The minimum atomic E-state index is -1.85. The highest BCUT2D eigenvalue weighted by atomic mass is 35.6. The van der Waals surface area contributed by atoms with Crippen LogP contribution in [-0.2, 0) is 4.74 Å². The molecule has 0 amide bonds. The van der Waals surface area contributed by atoms with Crippen LogP contribution in [-0.4, -0.2) is 9.04 Å². The lowest BCUT2D eigenvalue weighted by Gasteiger charge is -2.28. The molecule has 1 aliphatic rings. The number of halogens is 5. The molecular formula is C7H5Cl5O. The molecule has 74 valence electrons. The van der Waals surface area contributed by atoms with E-state index >= 15 is 0 Å². The van der Waals surface area contributed by atoms with E-state index in [0.29, 0.717) is 11.5 Å². The van der Waals surface area contributed by atoms with Gasteiger partial charge in [0.1, 0.15) is 0 Å².